The number of nitrogens with one attached hydrogen (secondary N) is 2. The number of nitrogens with zero attached hydrogens (tertiary/aromatic N) is 11. The highest BCUT2D eigenvalue weighted by Crippen LogP contribution is 2.31. The van der Waals surface area contributed by atoms with Crippen LogP contribution in [0.1, 0.15) is 105 Å². The Hall–Kier alpha value is -6.62. The molecule has 0 bridgehead atoms. The summed E-state index contributed by atoms with van der Waals surface area (Å²) in [5, 5.41) is 31.2. The Kier molecular flexibility index (Phi) is 24.1. The van der Waals surface area contributed by atoms with E-state index in [-0.39, 0.29) is 27.8 Å². The second-order valence-electron chi connectivity index (χ2n) is 17.8. The minimum Gasteiger partial charge on any atom is -0.475 e. The quantitative estimate of drug-likeness (QED) is 0.0633. The smallest absolute Gasteiger partial charge is 0.373 e. The number of carboxylic acid groups (broad SMARTS) is 1. The Morgan fingerprint density at radius 3 is 1.13 bits per heavy atom. The Labute approximate surface area is 531 Å². The van der Waals surface area contributed by atoms with Crippen molar-refractivity contribution in [1.29, 1.82) is 0 Å². The molecule has 0 saturated carbocycles. The van der Waals surface area contributed by atoms with Crippen LogP contribution in [0.4, 0.5) is 11.6 Å². The number of hydrogen-bond acceptors (Lipinski definition) is 16. The van der Waals surface area contributed by atoms with Crippen LogP contribution in [-0.4, -0.2) is 89.1 Å². The molecule has 1 aliphatic heterocycles. The number of halogens is 10. The Morgan fingerprint density at radius 2 is 0.798 bits per heavy atom. The third-order valence-electron chi connectivity index (χ3n) is 12.1. The van der Waals surface area contributed by atoms with Crippen LogP contribution in [0.2, 0.25) is 50.5 Å². The van der Waals surface area contributed by atoms with Crippen molar-refractivity contribution in [3.8, 4) is 0 Å². The van der Waals surface area contributed by atoms with E-state index in [1.54, 1.807) is 76.3 Å². The fraction of sp³-hybridized carbons (Fsp3) is 0.200. The number of hydrogen-bond donors (Lipinski definition) is 5. The number of carbonyl (C=O) groups excluding carboxylic acids is 2. The summed E-state index contributed by atoms with van der Waals surface area (Å²) in [5.74, 6) is -1.18. The van der Waals surface area contributed by atoms with Crippen molar-refractivity contribution in [2.45, 2.75) is 53.4 Å². The molecule has 0 unspecified atom stereocenters. The zero-order valence-electron chi connectivity index (χ0n) is 45.0. The Balaban J connectivity index is 0.000000180. The normalized spacial score (nSPS) is 11.3. The highest BCUT2D eigenvalue weighted by Gasteiger charge is 2.21. The first-order valence-corrected chi connectivity index (χ1v) is 28.2. The lowest BCUT2D eigenvalue weighted by Crippen LogP contribution is -2.18. The molecule has 4 aromatic carbocycles. The van der Waals surface area contributed by atoms with E-state index in [2.05, 4.69) is 65.9 Å². The summed E-state index contributed by atoms with van der Waals surface area (Å²) in [5.41, 5.74) is 20.3. The number of amides is 2. The lowest BCUT2D eigenvalue weighted by Gasteiger charge is -2.13. The maximum atomic E-state index is 11.2. The zero-order valence-corrected chi connectivity index (χ0v) is 52.5. The molecule has 5 heterocycles. The van der Waals surface area contributed by atoms with E-state index in [0.717, 1.165) is 44.9 Å². The topological polar surface area (TPSA) is 288 Å². The van der Waals surface area contributed by atoms with Gasteiger partial charge in [-0.15, -0.1) is 5.10 Å². The van der Waals surface area contributed by atoms with Gasteiger partial charge in [-0.3, -0.25) is 9.59 Å². The lowest BCUT2D eigenvalue weighted by atomic mass is 10.0. The molecular formula is C55H47Cl10N15O4. The number of carboxylic acids is 1. The van der Waals surface area contributed by atoms with E-state index in [9.17, 15) is 14.4 Å². The van der Waals surface area contributed by atoms with Gasteiger partial charge >= 0.3 is 5.97 Å². The van der Waals surface area contributed by atoms with Crippen molar-refractivity contribution < 1.29 is 19.5 Å². The van der Waals surface area contributed by atoms with Crippen molar-refractivity contribution in [2.24, 2.45) is 26.9 Å². The molecule has 19 nitrogen and oxygen atoms in total. The number of aryl methyl sites for hydroxylation is 4. The summed E-state index contributed by atoms with van der Waals surface area (Å²) < 4.78 is 0. The third kappa shape index (κ3) is 18.0. The Morgan fingerprint density at radius 1 is 0.464 bits per heavy atom. The second kappa shape index (κ2) is 30.5. The summed E-state index contributed by atoms with van der Waals surface area (Å²) in [7, 11) is 3.54. The van der Waals surface area contributed by atoms with E-state index in [0.29, 0.717) is 118 Å². The maximum absolute atomic E-state index is 11.2. The number of benzene rings is 4. The van der Waals surface area contributed by atoms with Gasteiger partial charge in [0.2, 0.25) is 17.5 Å². The first kappa shape index (κ1) is 66.5. The zero-order chi connectivity index (χ0) is 61.7. The molecule has 7 N–H and O–H groups in total. The molecule has 0 aliphatic carbocycles. The minimum absolute atomic E-state index is 0.0113. The van der Waals surface area contributed by atoms with Crippen LogP contribution in [0.25, 0.3) is 0 Å². The Bertz CT molecular complexity index is 3730. The summed E-state index contributed by atoms with van der Waals surface area (Å²) in [6.45, 7) is 7.56. The predicted octanol–water partition coefficient (Wildman–Crippen LogP) is 14.2. The molecule has 0 radical (unpaired) electrons. The van der Waals surface area contributed by atoms with Crippen molar-refractivity contribution in [2.75, 3.05) is 31.3 Å². The van der Waals surface area contributed by atoms with Gasteiger partial charge < -0.3 is 27.2 Å². The van der Waals surface area contributed by atoms with Crippen LogP contribution in [0, 0.1) is 27.7 Å². The number of rotatable bonds is 14. The standard InChI is InChI=1S/C15H14Cl2N6.C14H14Cl2N4O.C13H10Cl3N3O.C13H9Cl3N2O2/c1-8-11(5-9-3-4-10(16)6-12(9)17)14(18-2)21-15(20-8)13-7-19-23-22-13;1-7-10(5-8-3-4-9(15)6-11(8)16)13(18-2)20-14(19-7)12(17)21;1-6-9(11(16)19-13(18-6)12(17)20)4-7-2-3-8(14)5-10(7)15;1-6-9(11(16)18-12(17-6)13(19)20)4-7-2-3-8(14)5-10(7)15/h3-4,6H,5,7H2,1-2H3,(H,18,20,21);3-4,6H,5H2,1-2H3,(H2,17,21)(H,18,19,20);2-3,5H,4H2,1H3,(H2,17,20);2-3,5H,4H2,1H3,(H,19,20). The van der Waals surface area contributed by atoms with Crippen LogP contribution < -0.4 is 22.1 Å². The van der Waals surface area contributed by atoms with Crippen LogP contribution in [-0.2, 0) is 25.7 Å². The van der Waals surface area contributed by atoms with Crippen molar-refractivity contribution in [3.05, 3.63) is 214 Å². The lowest BCUT2D eigenvalue weighted by molar-refractivity contribution is 0.0682. The van der Waals surface area contributed by atoms with Gasteiger partial charge in [0.15, 0.2) is 5.82 Å². The van der Waals surface area contributed by atoms with E-state index in [1.165, 1.54) is 0 Å². The maximum Gasteiger partial charge on any atom is 0.373 e. The van der Waals surface area contributed by atoms with Gasteiger partial charge in [-0.1, -0.05) is 140 Å². The van der Waals surface area contributed by atoms with Crippen LogP contribution in [0.15, 0.2) is 88.2 Å². The van der Waals surface area contributed by atoms with Gasteiger partial charge in [-0.25, -0.2) is 44.7 Å². The molecule has 0 fully saturated rings. The summed E-state index contributed by atoms with van der Waals surface area (Å²) in [6.07, 6.45) is 1.98. The molecule has 0 atom stereocenters. The molecule has 84 heavy (non-hydrogen) atoms. The van der Waals surface area contributed by atoms with E-state index in [4.69, 9.17) is 133 Å². The van der Waals surface area contributed by atoms with Crippen molar-refractivity contribution in [1.82, 2.24) is 39.9 Å². The third-order valence-corrected chi connectivity index (χ3v) is 15.1. The molecule has 29 heteroatoms. The monoisotopic (exact) mass is 1330 g/mol. The first-order valence-electron chi connectivity index (χ1n) is 24.5. The first-order chi connectivity index (χ1) is 39.8. The molecule has 9 rings (SSSR count). The van der Waals surface area contributed by atoms with Crippen LogP contribution in [0.5, 0.6) is 0 Å². The molecule has 0 spiro atoms. The van der Waals surface area contributed by atoms with E-state index >= 15 is 0 Å². The van der Waals surface area contributed by atoms with Crippen molar-refractivity contribution in [3.63, 3.8) is 0 Å². The van der Waals surface area contributed by atoms with Crippen LogP contribution >= 0.6 is 116 Å². The van der Waals surface area contributed by atoms with Crippen molar-refractivity contribution >= 4 is 151 Å². The number of aromatic carboxylic acids is 1. The molecule has 0 saturated heterocycles. The number of primary amides is 2. The minimum atomic E-state index is -1.22. The predicted molar refractivity (Wildman–Crippen MR) is 334 cm³/mol. The summed E-state index contributed by atoms with van der Waals surface area (Å²) in [4.78, 5) is 66.1. The number of anilines is 2. The summed E-state index contributed by atoms with van der Waals surface area (Å²) in [6, 6.07) is 21.1. The van der Waals surface area contributed by atoms with Gasteiger partial charge in [-0.2, -0.15) is 5.11 Å². The van der Waals surface area contributed by atoms with E-state index in [1.807, 2.05) is 38.2 Å². The molecule has 2 amide bonds. The number of carbonyl (C=O) groups is 3. The van der Waals surface area contributed by atoms with Gasteiger partial charge in [0.1, 0.15) is 34.2 Å². The average molecular weight is 1340 g/mol. The average Bonchev–Trinajstić information content (AvgIpc) is 3.70. The number of nitrogens with two attached hydrogens (primary N) is 2. The van der Waals surface area contributed by atoms with Gasteiger partial charge in [-0.05, 0) is 104 Å². The SMILES string of the molecule is CNc1nc(C(N)=O)nc(C)c1Cc1ccc(Cl)cc1Cl.CNc1nc(C2=NN=NC2)nc(C)c1Cc1ccc(Cl)cc1Cl.Cc1nc(C(=O)O)nc(Cl)c1Cc1ccc(Cl)cc1Cl.Cc1nc(C(N)=O)nc(Cl)c1Cc1ccc(Cl)cc1Cl. The number of aromatic nitrogens is 8. The van der Waals surface area contributed by atoms with Gasteiger partial charge in [0, 0.05) is 125 Å². The second-order valence-corrected chi connectivity index (χ2v) is 21.9. The van der Waals surface area contributed by atoms with Gasteiger partial charge in [0.05, 0.1) is 0 Å². The van der Waals surface area contributed by atoms with E-state index < -0.39 is 17.8 Å². The fourth-order valence-electron chi connectivity index (χ4n) is 7.75. The highest BCUT2D eigenvalue weighted by molar-refractivity contribution is 6.37. The fourth-order valence-corrected chi connectivity index (χ4v) is 10.2. The van der Waals surface area contributed by atoms with Gasteiger partial charge in [0.25, 0.3) is 11.8 Å². The molecule has 4 aromatic heterocycles. The largest absolute Gasteiger partial charge is 0.475 e. The molecular weight excluding hydrogens is 1290 g/mol. The molecule has 1 aliphatic rings. The molecule has 8 aromatic rings. The molecule has 436 valence electrons. The van der Waals surface area contributed by atoms with Crippen LogP contribution in [0.3, 0.4) is 0 Å². The summed E-state index contributed by atoms with van der Waals surface area (Å²) >= 11 is 60.3. The highest BCUT2D eigenvalue weighted by atomic mass is 35.5.